The van der Waals surface area contributed by atoms with Crippen LogP contribution in [-0.4, -0.2) is 16.1 Å². The van der Waals surface area contributed by atoms with Gasteiger partial charge in [0.2, 0.25) is 0 Å². The average molecular weight is 236 g/mol. The van der Waals surface area contributed by atoms with E-state index in [-0.39, 0.29) is 0 Å². The Balaban J connectivity index is 2.72. The van der Waals surface area contributed by atoms with Crippen molar-refractivity contribution in [3.8, 4) is 0 Å². The Morgan fingerprint density at radius 2 is 2.19 bits per heavy atom. The summed E-state index contributed by atoms with van der Waals surface area (Å²) >= 11 is 6.03. The SMILES string of the molecule is CC(C(=O)O)c1ccc(Cl)c2cccnc12. The fourth-order valence-corrected chi connectivity index (χ4v) is 1.86. The van der Waals surface area contributed by atoms with E-state index in [0.29, 0.717) is 16.1 Å². The molecule has 2 aromatic rings. The lowest BCUT2D eigenvalue weighted by molar-refractivity contribution is -0.138. The van der Waals surface area contributed by atoms with Crippen LogP contribution in [0.15, 0.2) is 30.5 Å². The highest BCUT2D eigenvalue weighted by molar-refractivity contribution is 6.35. The molecule has 0 amide bonds. The van der Waals surface area contributed by atoms with Crippen molar-refractivity contribution >= 4 is 28.5 Å². The number of hydrogen-bond acceptors (Lipinski definition) is 2. The van der Waals surface area contributed by atoms with Crippen LogP contribution in [-0.2, 0) is 4.79 Å². The number of carbonyl (C=O) groups is 1. The molecule has 0 saturated heterocycles. The number of fused-ring (bicyclic) bond motifs is 1. The number of aromatic nitrogens is 1. The average Bonchev–Trinajstić information content (AvgIpc) is 2.29. The molecule has 0 spiro atoms. The molecule has 1 atom stereocenters. The Morgan fingerprint density at radius 3 is 2.88 bits per heavy atom. The maximum atomic E-state index is 11.0. The molecule has 3 nitrogen and oxygen atoms in total. The summed E-state index contributed by atoms with van der Waals surface area (Å²) in [4.78, 5) is 15.2. The molecule has 1 N–H and O–H groups in total. The van der Waals surface area contributed by atoms with Gasteiger partial charge in [-0.25, -0.2) is 0 Å². The van der Waals surface area contributed by atoms with Gasteiger partial charge in [-0.1, -0.05) is 17.7 Å². The third-order valence-electron chi connectivity index (χ3n) is 2.58. The van der Waals surface area contributed by atoms with Gasteiger partial charge in [0.25, 0.3) is 0 Å². The van der Waals surface area contributed by atoms with Crippen LogP contribution in [0.5, 0.6) is 0 Å². The van der Waals surface area contributed by atoms with Gasteiger partial charge in [0.15, 0.2) is 0 Å². The van der Waals surface area contributed by atoms with E-state index >= 15 is 0 Å². The molecule has 1 heterocycles. The number of carboxylic acid groups (broad SMARTS) is 1. The number of benzene rings is 1. The Morgan fingerprint density at radius 1 is 1.44 bits per heavy atom. The molecule has 16 heavy (non-hydrogen) atoms. The van der Waals surface area contributed by atoms with Crippen molar-refractivity contribution in [3.63, 3.8) is 0 Å². The molecule has 1 aromatic carbocycles. The normalized spacial score (nSPS) is 12.6. The highest BCUT2D eigenvalue weighted by atomic mass is 35.5. The number of pyridine rings is 1. The van der Waals surface area contributed by atoms with Gasteiger partial charge in [0.1, 0.15) is 0 Å². The molecule has 0 fully saturated rings. The minimum absolute atomic E-state index is 0.587. The molecule has 4 heteroatoms. The first kappa shape index (κ1) is 10.9. The molecule has 82 valence electrons. The van der Waals surface area contributed by atoms with E-state index in [0.717, 1.165) is 5.39 Å². The minimum Gasteiger partial charge on any atom is -0.481 e. The summed E-state index contributed by atoms with van der Waals surface area (Å²) in [6.45, 7) is 1.64. The number of halogens is 1. The molecular formula is C12H10ClNO2. The molecule has 0 aliphatic rings. The zero-order valence-corrected chi connectivity index (χ0v) is 9.40. The summed E-state index contributed by atoms with van der Waals surface area (Å²) in [5.74, 6) is -1.45. The van der Waals surface area contributed by atoms with Crippen LogP contribution < -0.4 is 0 Å². The van der Waals surface area contributed by atoms with E-state index in [2.05, 4.69) is 4.98 Å². The zero-order chi connectivity index (χ0) is 11.7. The van der Waals surface area contributed by atoms with Gasteiger partial charge in [0, 0.05) is 16.6 Å². The summed E-state index contributed by atoms with van der Waals surface area (Å²) in [6.07, 6.45) is 1.64. The number of rotatable bonds is 2. The largest absolute Gasteiger partial charge is 0.481 e. The summed E-state index contributed by atoms with van der Waals surface area (Å²) in [6, 6.07) is 7.04. The van der Waals surface area contributed by atoms with E-state index in [1.807, 2.05) is 6.07 Å². The number of carboxylic acids is 1. The zero-order valence-electron chi connectivity index (χ0n) is 8.64. The van der Waals surface area contributed by atoms with Crippen molar-refractivity contribution in [3.05, 3.63) is 41.0 Å². The van der Waals surface area contributed by atoms with Crippen LogP contribution in [0.25, 0.3) is 10.9 Å². The molecule has 0 bridgehead atoms. The molecule has 0 saturated carbocycles. The highest BCUT2D eigenvalue weighted by Crippen LogP contribution is 2.29. The number of aliphatic carboxylic acids is 1. The van der Waals surface area contributed by atoms with Gasteiger partial charge in [-0.3, -0.25) is 9.78 Å². The Bertz CT molecular complexity index is 554. The maximum absolute atomic E-state index is 11.0. The lowest BCUT2D eigenvalue weighted by Gasteiger charge is -2.10. The quantitative estimate of drug-likeness (QED) is 0.870. The van der Waals surface area contributed by atoms with E-state index in [9.17, 15) is 4.79 Å². The monoisotopic (exact) mass is 235 g/mol. The second-order valence-corrected chi connectivity index (χ2v) is 4.00. The maximum Gasteiger partial charge on any atom is 0.310 e. The first-order valence-electron chi connectivity index (χ1n) is 4.87. The fraction of sp³-hybridized carbons (Fsp3) is 0.167. The van der Waals surface area contributed by atoms with Crippen LogP contribution in [0, 0.1) is 0 Å². The van der Waals surface area contributed by atoms with E-state index in [4.69, 9.17) is 16.7 Å². The number of nitrogens with zero attached hydrogens (tertiary/aromatic N) is 1. The van der Waals surface area contributed by atoms with Crippen LogP contribution in [0.2, 0.25) is 5.02 Å². The first-order valence-corrected chi connectivity index (χ1v) is 5.25. The van der Waals surface area contributed by atoms with Crippen molar-refractivity contribution in [1.82, 2.24) is 4.98 Å². The summed E-state index contributed by atoms with van der Waals surface area (Å²) in [5.41, 5.74) is 1.34. The van der Waals surface area contributed by atoms with Gasteiger partial charge in [-0.05, 0) is 30.7 Å². The van der Waals surface area contributed by atoms with Crippen LogP contribution in [0.1, 0.15) is 18.4 Å². The number of hydrogen-bond donors (Lipinski definition) is 1. The molecule has 0 aliphatic heterocycles. The van der Waals surface area contributed by atoms with Crippen molar-refractivity contribution in [2.75, 3.05) is 0 Å². The molecule has 1 unspecified atom stereocenters. The van der Waals surface area contributed by atoms with Crippen molar-refractivity contribution in [2.45, 2.75) is 12.8 Å². The van der Waals surface area contributed by atoms with Crippen molar-refractivity contribution in [1.29, 1.82) is 0 Å². The predicted molar refractivity (Wildman–Crippen MR) is 62.8 cm³/mol. The van der Waals surface area contributed by atoms with E-state index in [1.54, 1.807) is 31.3 Å². The lowest BCUT2D eigenvalue weighted by atomic mass is 9.98. The van der Waals surface area contributed by atoms with Crippen LogP contribution >= 0.6 is 11.6 Å². The second kappa shape index (κ2) is 4.10. The molecular weight excluding hydrogens is 226 g/mol. The topological polar surface area (TPSA) is 50.2 Å². The third kappa shape index (κ3) is 1.74. The highest BCUT2D eigenvalue weighted by Gasteiger charge is 2.17. The molecule has 0 radical (unpaired) electrons. The van der Waals surface area contributed by atoms with Crippen molar-refractivity contribution in [2.24, 2.45) is 0 Å². The van der Waals surface area contributed by atoms with Crippen LogP contribution in [0.3, 0.4) is 0 Å². The van der Waals surface area contributed by atoms with Crippen molar-refractivity contribution < 1.29 is 9.90 Å². The van der Waals surface area contributed by atoms with Gasteiger partial charge >= 0.3 is 5.97 Å². The van der Waals surface area contributed by atoms with Crippen LogP contribution in [0.4, 0.5) is 0 Å². The van der Waals surface area contributed by atoms with Gasteiger partial charge in [0.05, 0.1) is 11.4 Å². The van der Waals surface area contributed by atoms with Gasteiger partial charge in [-0.2, -0.15) is 0 Å². The van der Waals surface area contributed by atoms with E-state index < -0.39 is 11.9 Å². The van der Waals surface area contributed by atoms with E-state index in [1.165, 1.54) is 0 Å². The Labute approximate surface area is 97.7 Å². The molecule has 1 aromatic heterocycles. The second-order valence-electron chi connectivity index (χ2n) is 3.60. The first-order chi connectivity index (χ1) is 7.61. The summed E-state index contributed by atoms with van der Waals surface area (Å²) < 4.78 is 0. The minimum atomic E-state index is -0.866. The summed E-state index contributed by atoms with van der Waals surface area (Å²) in [7, 11) is 0. The lowest BCUT2D eigenvalue weighted by Crippen LogP contribution is -2.08. The van der Waals surface area contributed by atoms with Gasteiger partial charge in [-0.15, -0.1) is 0 Å². The predicted octanol–water partition coefficient (Wildman–Crippen LogP) is 3.08. The fourth-order valence-electron chi connectivity index (χ4n) is 1.64. The molecule has 2 rings (SSSR count). The third-order valence-corrected chi connectivity index (χ3v) is 2.91. The standard InChI is InChI=1S/C12H10ClNO2/c1-7(12(15)16)8-4-5-10(13)9-3-2-6-14-11(8)9/h2-7H,1H3,(H,15,16). The summed E-state index contributed by atoms with van der Waals surface area (Å²) in [5, 5.41) is 10.4. The van der Waals surface area contributed by atoms with Gasteiger partial charge < -0.3 is 5.11 Å². The molecule has 0 aliphatic carbocycles. The Hall–Kier alpha value is -1.61. The smallest absolute Gasteiger partial charge is 0.310 e. The Kier molecular flexibility index (Phi) is 2.79.